The second-order valence-electron chi connectivity index (χ2n) is 3.66. The number of carbonyl (C=O) groups excluding carboxylic acids is 2. The van der Waals surface area contributed by atoms with Crippen molar-refractivity contribution in [2.45, 2.75) is 6.92 Å². The van der Waals surface area contributed by atoms with Gasteiger partial charge < -0.3 is 11.1 Å². The van der Waals surface area contributed by atoms with Gasteiger partial charge in [-0.2, -0.15) is 0 Å². The number of hydrogen-bond donors (Lipinski definition) is 2. The van der Waals surface area contributed by atoms with Crippen LogP contribution in [0.3, 0.4) is 0 Å². The predicted molar refractivity (Wildman–Crippen MR) is 69.8 cm³/mol. The van der Waals surface area contributed by atoms with Crippen molar-refractivity contribution >= 4 is 28.2 Å². The van der Waals surface area contributed by atoms with Gasteiger partial charge in [-0.05, 0) is 25.1 Å². The zero-order valence-corrected chi connectivity index (χ0v) is 10.5. The normalized spacial score (nSPS) is 10.1. The lowest BCUT2D eigenvalue weighted by Crippen LogP contribution is -2.16. The fourth-order valence-corrected chi connectivity index (χ4v) is 2.37. The second-order valence-corrected chi connectivity index (χ2v) is 4.92. The summed E-state index contributed by atoms with van der Waals surface area (Å²) in [5, 5.41) is 3.13. The van der Waals surface area contributed by atoms with Crippen LogP contribution in [0.15, 0.2) is 30.6 Å². The maximum absolute atomic E-state index is 11.9. The summed E-state index contributed by atoms with van der Waals surface area (Å²) in [5.41, 5.74) is 6.00. The number of amides is 2. The predicted octanol–water partition coefficient (Wildman–Crippen LogP) is 1.80. The molecule has 3 N–H and O–H groups in total. The molecule has 0 atom stereocenters. The Balaban J connectivity index is 2.25. The summed E-state index contributed by atoms with van der Waals surface area (Å²) < 4.78 is 0. The van der Waals surface area contributed by atoms with Crippen molar-refractivity contribution in [1.82, 2.24) is 4.98 Å². The number of carbonyl (C=O) groups is 2. The van der Waals surface area contributed by atoms with E-state index >= 15 is 0 Å². The first-order valence-corrected chi connectivity index (χ1v) is 6.01. The molecule has 2 aromatic heterocycles. The Hall–Kier alpha value is -2.21. The Labute approximate surface area is 108 Å². The van der Waals surface area contributed by atoms with E-state index in [0.29, 0.717) is 16.1 Å². The summed E-state index contributed by atoms with van der Waals surface area (Å²) in [6.45, 7) is 1.84. The monoisotopic (exact) mass is 261 g/mol. The van der Waals surface area contributed by atoms with Gasteiger partial charge in [0.25, 0.3) is 11.8 Å². The van der Waals surface area contributed by atoms with Crippen LogP contribution in [0, 0.1) is 6.92 Å². The smallest absolute Gasteiger partial charge is 0.257 e. The molecule has 0 saturated carbocycles. The second kappa shape index (κ2) is 4.97. The first-order valence-electron chi connectivity index (χ1n) is 5.19. The van der Waals surface area contributed by atoms with Gasteiger partial charge in [0.15, 0.2) is 0 Å². The summed E-state index contributed by atoms with van der Waals surface area (Å²) in [6, 6.07) is 4.97. The molecular formula is C12H11N3O2S. The molecule has 2 rings (SSSR count). The fraction of sp³-hybridized carbons (Fsp3) is 0.0833. The van der Waals surface area contributed by atoms with E-state index in [4.69, 9.17) is 5.73 Å². The molecule has 18 heavy (non-hydrogen) atoms. The molecule has 0 bridgehead atoms. The number of thiophene rings is 1. The highest BCUT2D eigenvalue weighted by atomic mass is 32.1. The van der Waals surface area contributed by atoms with Crippen LogP contribution in [0.1, 0.15) is 25.6 Å². The van der Waals surface area contributed by atoms with E-state index in [2.05, 4.69) is 10.3 Å². The minimum absolute atomic E-state index is 0.313. The Morgan fingerprint density at radius 3 is 2.83 bits per heavy atom. The third-order valence-electron chi connectivity index (χ3n) is 2.27. The van der Waals surface area contributed by atoms with E-state index < -0.39 is 5.91 Å². The number of pyridine rings is 1. The number of aromatic nitrogens is 1. The standard InChI is InChI=1S/C12H11N3O2S/c1-7-5-9(10(13)16)12(18-7)15-11(17)8-3-2-4-14-6-8/h2-6H,1H3,(H2,13,16)(H,15,17). The molecule has 0 radical (unpaired) electrons. The summed E-state index contributed by atoms with van der Waals surface area (Å²) in [7, 11) is 0. The largest absolute Gasteiger partial charge is 0.366 e. The van der Waals surface area contributed by atoms with Crippen LogP contribution in [0.2, 0.25) is 0 Å². The molecule has 0 aromatic carbocycles. The van der Waals surface area contributed by atoms with Crippen molar-refractivity contribution in [2.24, 2.45) is 5.73 Å². The Morgan fingerprint density at radius 1 is 1.44 bits per heavy atom. The van der Waals surface area contributed by atoms with E-state index in [1.807, 2.05) is 6.92 Å². The van der Waals surface area contributed by atoms with Gasteiger partial charge in [0.2, 0.25) is 0 Å². The SMILES string of the molecule is Cc1cc(C(N)=O)c(NC(=O)c2cccnc2)s1. The molecule has 6 heteroatoms. The van der Waals surface area contributed by atoms with Crippen LogP contribution >= 0.6 is 11.3 Å². The molecule has 0 saturated heterocycles. The summed E-state index contributed by atoms with van der Waals surface area (Å²) >= 11 is 1.31. The molecule has 92 valence electrons. The molecule has 0 aliphatic carbocycles. The van der Waals surface area contributed by atoms with Gasteiger partial charge in [0, 0.05) is 17.3 Å². The molecule has 2 amide bonds. The fourth-order valence-electron chi connectivity index (χ4n) is 1.46. The number of hydrogen-bond acceptors (Lipinski definition) is 4. The first-order chi connectivity index (χ1) is 8.58. The van der Waals surface area contributed by atoms with E-state index in [1.54, 1.807) is 24.4 Å². The van der Waals surface area contributed by atoms with Crippen LogP contribution in [-0.2, 0) is 0 Å². The lowest BCUT2D eigenvalue weighted by atomic mass is 10.2. The molecule has 0 aliphatic rings. The van der Waals surface area contributed by atoms with Gasteiger partial charge in [0.05, 0.1) is 11.1 Å². The highest BCUT2D eigenvalue weighted by Crippen LogP contribution is 2.27. The summed E-state index contributed by atoms with van der Waals surface area (Å²) in [6.07, 6.45) is 3.04. The number of nitrogens with zero attached hydrogens (tertiary/aromatic N) is 1. The average molecular weight is 261 g/mol. The number of anilines is 1. The van der Waals surface area contributed by atoms with E-state index in [0.717, 1.165) is 4.88 Å². The zero-order valence-electron chi connectivity index (χ0n) is 9.64. The molecule has 0 fully saturated rings. The maximum Gasteiger partial charge on any atom is 0.257 e. The minimum atomic E-state index is -0.555. The Morgan fingerprint density at radius 2 is 2.22 bits per heavy atom. The molecule has 2 aromatic rings. The van der Waals surface area contributed by atoms with E-state index in [1.165, 1.54) is 17.5 Å². The molecule has 0 aliphatic heterocycles. The van der Waals surface area contributed by atoms with E-state index in [-0.39, 0.29) is 5.91 Å². The molecule has 5 nitrogen and oxygen atoms in total. The van der Waals surface area contributed by atoms with Gasteiger partial charge in [-0.15, -0.1) is 11.3 Å². The van der Waals surface area contributed by atoms with Gasteiger partial charge in [-0.25, -0.2) is 0 Å². The van der Waals surface area contributed by atoms with Crippen molar-refractivity contribution in [3.63, 3.8) is 0 Å². The Kier molecular flexibility index (Phi) is 3.38. The van der Waals surface area contributed by atoms with Crippen LogP contribution in [0.5, 0.6) is 0 Å². The highest BCUT2D eigenvalue weighted by molar-refractivity contribution is 7.16. The number of nitrogens with one attached hydrogen (secondary N) is 1. The average Bonchev–Trinajstić information content (AvgIpc) is 2.71. The molecular weight excluding hydrogens is 250 g/mol. The van der Waals surface area contributed by atoms with Crippen molar-refractivity contribution in [2.75, 3.05) is 5.32 Å². The lowest BCUT2D eigenvalue weighted by molar-refractivity contribution is 0.100. The molecule has 0 unspecified atom stereocenters. The van der Waals surface area contributed by atoms with Gasteiger partial charge in [-0.1, -0.05) is 0 Å². The lowest BCUT2D eigenvalue weighted by Gasteiger charge is -2.03. The number of primary amides is 1. The Bertz CT molecular complexity index is 593. The summed E-state index contributed by atoms with van der Waals surface area (Å²) in [5.74, 6) is -0.867. The van der Waals surface area contributed by atoms with Crippen molar-refractivity contribution in [1.29, 1.82) is 0 Å². The molecule has 0 spiro atoms. The van der Waals surface area contributed by atoms with E-state index in [9.17, 15) is 9.59 Å². The summed E-state index contributed by atoms with van der Waals surface area (Å²) in [4.78, 5) is 27.9. The minimum Gasteiger partial charge on any atom is -0.366 e. The quantitative estimate of drug-likeness (QED) is 0.883. The number of nitrogens with two attached hydrogens (primary N) is 1. The number of rotatable bonds is 3. The highest BCUT2D eigenvalue weighted by Gasteiger charge is 2.15. The zero-order chi connectivity index (χ0) is 13.1. The first kappa shape index (κ1) is 12.3. The van der Waals surface area contributed by atoms with Crippen LogP contribution in [0.25, 0.3) is 0 Å². The van der Waals surface area contributed by atoms with Crippen molar-refractivity contribution in [3.05, 3.63) is 46.6 Å². The third-order valence-corrected chi connectivity index (χ3v) is 3.24. The van der Waals surface area contributed by atoms with Gasteiger partial charge in [0.1, 0.15) is 5.00 Å². The number of aryl methyl sites for hydroxylation is 1. The van der Waals surface area contributed by atoms with Crippen molar-refractivity contribution < 1.29 is 9.59 Å². The topological polar surface area (TPSA) is 85.1 Å². The van der Waals surface area contributed by atoms with Crippen LogP contribution in [0.4, 0.5) is 5.00 Å². The van der Waals surface area contributed by atoms with Crippen LogP contribution < -0.4 is 11.1 Å². The van der Waals surface area contributed by atoms with Crippen molar-refractivity contribution in [3.8, 4) is 0 Å². The maximum atomic E-state index is 11.9. The van der Waals surface area contributed by atoms with Gasteiger partial charge >= 0.3 is 0 Å². The molecule has 2 heterocycles. The third kappa shape index (κ3) is 2.54. The van der Waals surface area contributed by atoms with Gasteiger partial charge in [-0.3, -0.25) is 14.6 Å². The van der Waals surface area contributed by atoms with Crippen LogP contribution in [-0.4, -0.2) is 16.8 Å².